The van der Waals surface area contributed by atoms with Crippen molar-refractivity contribution in [2.75, 3.05) is 6.54 Å². The Hall–Kier alpha value is -2.74. The monoisotopic (exact) mass is 446 g/mol. The lowest BCUT2D eigenvalue weighted by atomic mass is 10.2. The van der Waals surface area contributed by atoms with Gasteiger partial charge in [0.05, 0.1) is 11.4 Å². The Bertz CT molecular complexity index is 1110. The van der Waals surface area contributed by atoms with Crippen LogP contribution in [-0.4, -0.2) is 25.2 Å². The normalized spacial score (nSPS) is 11.4. The first-order valence-electron chi connectivity index (χ1n) is 9.15. The van der Waals surface area contributed by atoms with E-state index in [0.29, 0.717) is 16.1 Å². The number of halogens is 2. The molecule has 156 valence electrons. The maximum absolute atomic E-state index is 13.1. The summed E-state index contributed by atoms with van der Waals surface area (Å²) in [5.74, 6) is -0.840. The number of carbonyl (C=O) groups is 1. The summed E-state index contributed by atoms with van der Waals surface area (Å²) in [7, 11) is -3.92. The van der Waals surface area contributed by atoms with Gasteiger partial charge in [-0.25, -0.2) is 12.8 Å². The highest BCUT2D eigenvalue weighted by Gasteiger charge is 2.26. The molecule has 0 saturated carbocycles. The number of benzene rings is 3. The van der Waals surface area contributed by atoms with Crippen LogP contribution in [0.4, 0.5) is 4.39 Å². The average Bonchev–Trinajstić information content (AvgIpc) is 2.73. The van der Waals surface area contributed by atoms with E-state index in [0.717, 1.165) is 4.31 Å². The third-order valence-corrected chi connectivity index (χ3v) is 6.39. The van der Waals surface area contributed by atoms with Gasteiger partial charge in [-0.1, -0.05) is 54.1 Å². The highest BCUT2D eigenvalue weighted by atomic mass is 35.5. The number of carbonyl (C=O) groups excluding carboxylic acids is 1. The summed E-state index contributed by atoms with van der Waals surface area (Å²) < 4.78 is 40.4. The quantitative estimate of drug-likeness (QED) is 0.569. The van der Waals surface area contributed by atoms with E-state index in [2.05, 4.69) is 5.32 Å². The van der Waals surface area contributed by atoms with Crippen LogP contribution in [0.15, 0.2) is 83.8 Å². The van der Waals surface area contributed by atoms with E-state index in [4.69, 9.17) is 11.6 Å². The van der Waals surface area contributed by atoms with Crippen LogP contribution < -0.4 is 5.32 Å². The lowest BCUT2D eigenvalue weighted by Gasteiger charge is -2.22. The number of amides is 1. The molecule has 3 aromatic carbocycles. The number of nitrogens with one attached hydrogen (secondary N) is 1. The summed E-state index contributed by atoms with van der Waals surface area (Å²) in [5, 5.41) is 3.15. The first-order chi connectivity index (χ1) is 14.3. The van der Waals surface area contributed by atoms with Crippen LogP contribution in [0.2, 0.25) is 5.02 Å². The molecule has 0 saturated heterocycles. The fourth-order valence-corrected chi connectivity index (χ4v) is 4.44. The van der Waals surface area contributed by atoms with Crippen LogP contribution in [0.25, 0.3) is 0 Å². The van der Waals surface area contributed by atoms with Gasteiger partial charge in [0.15, 0.2) is 0 Å². The van der Waals surface area contributed by atoms with Crippen molar-refractivity contribution in [3.8, 4) is 0 Å². The molecule has 30 heavy (non-hydrogen) atoms. The summed E-state index contributed by atoms with van der Waals surface area (Å²) >= 11 is 6.02. The minimum atomic E-state index is -3.92. The predicted octanol–water partition coefficient (Wildman–Crippen LogP) is 3.99. The van der Waals surface area contributed by atoms with Crippen LogP contribution in [0.3, 0.4) is 0 Å². The van der Waals surface area contributed by atoms with Crippen LogP contribution in [0, 0.1) is 5.82 Å². The van der Waals surface area contributed by atoms with Crippen molar-refractivity contribution in [2.24, 2.45) is 0 Å². The van der Waals surface area contributed by atoms with Crippen molar-refractivity contribution in [1.82, 2.24) is 9.62 Å². The molecule has 0 aliphatic heterocycles. The molecule has 0 aromatic heterocycles. The Labute approximate surface area is 180 Å². The molecule has 0 fully saturated rings. The van der Waals surface area contributed by atoms with Crippen molar-refractivity contribution in [2.45, 2.75) is 18.0 Å². The van der Waals surface area contributed by atoms with Crippen molar-refractivity contribution >= 4 is 27.5 Å². The number of rotatable bonds is 8. The molecule has 1 amide bonds. The highest BCUT2D eigenvalue weighted by Crippen LogP contribution is 2.19. The molecule has 0 atom stereocenters. The Morgan fingerprint density at radius 3 is 2.30 bits per heavy atom. The van der Waals surface area contributed by atoms with Gasteiger partial charge >= 0.3 is 0 Å². The van der Waals surface area contributed by atoms with E-state index >= 15 is 0 Å². The van der Waals surface area contributed by atoms with Gasteiger partial charge in [-0.15, -0.1) is 0 Å². The van der Waals surface area contributed by atoms with Crippen molar-refractivity contribution in [3.63, 3.8) is 0 Å². The fraction of sp³-hybridized carbons (Fsp3) is 0.136. The zero-order chi connectivity index (χ0) is 21.6. The molecule has 0 aliphatic carbocycles. The molecule has 8 heteroatoms. The van der Waals surface area contributed by atoms with Gasteiger partial charge in [-0.05, 0) is 47.5 Å². The molecule has 0 unspecified atom stereocenters. The molecule has 0 bridgehead atoms. The number of nitrogens with zero attached hydrogens (tertiary/aromatic N) is 1. The second-order valence-electron chi connectivity index (χ2n) is 6.62. The summed E-state index contributed by atoms with van der Waals surface area (Å²) in [6.07, 6.45) is 0. The maximum atomic E-state index is 13.1. The predicted molar refractivity (Wildman–Crippen MR) is 114 cm³/mol. The lowest BCUT2D eigenvalue weighted by molar-refractivity contribution is -0.121. The molecular weight excluding hydrogens is 427 g/mol. The largest absolute Gasteiger partial charge is 0.351 e. The zero-order valence-corrected chi connectivity index (χ0v) is 17.5. The number of sulfonamides is 1. The second-order valence-corrected chi connectivity index (χ2v) is 8.99. The fourth-order valence-electron chi connectivity index (χ4n) is 2.83. The van der Waals surface area contributed by atoms with Gasteiger partial charge in [0, 0.05) is 18.1 Å². The van der Waals surface area contributed by atoms with Gasteiger partial charge in [-0.3, -0.25) is 4.79 Å². The van der Waals surface area contributed by atoms with E-state index in [9.17, 15) is 17.6 Å². The Morgan fingerprint density at radius 1 is 0.933 bits per heavy atom. The van der Waals surface area contributed by atoms with Crippen LogP contribution in [0.5, 0.6) is 0 Å². The molecule has 1 N–H and O–H groups in total. The van der Waals surface area contributed by atoms with Crippen LogP contribution >= 0.6 is 11.6 Å². The van der Waals surface area contributed by atoms with Gasteiger partial charge < -0.3 is 5.32 Å². The third-order valence-electron chi connectivity index (χ3n) is 4.35. The summed E-state index contributed by atoms with van der Waals surface area (Å²) in [6.45, 7) is -0.220. The summed E-state index contributed by atoms with van der Waals surface area (Å²) in [6, 6.07) is 20.5. The van der Waals surface area contributed by atoms with Crippen molar-refractivity contribution in [1.29, 1.82) is 0 Å². The van der Waals surface area contributed by atoms with Crippen LogP contribution in [-0.2, 0) is 27.9 Å². The SMILES string of the molecule is O=C(CN(Cc1cccc(Cl)c1)S(=O)(=O)c1ccccc1)NCc1ccc(F)cc1. The smallest absolute Gasteiger partial charge is 0.243 e. The highest BCUT2D eigenvalue weighted by molar-refractivity contribution is 7.89. The van der Waals surface area contributed by atoms with E-state index in [1.54, 1.807) is 54.6 Å². The molecular formula is C22H20ClFN2O3S. The van der Waals surface area contributed by atoms with Gasteiger partial charge in [0.25, 0.3) is 0 Å². The number of hydrogen-bond acceptors (Lipinski definition) is 3. The maximum Gasteiger partial charge on any atom is 0.243 e. The van der Waals surface area contributed by atoms with E-state index < -0.39 is 15.9 Å². The zero-order valence-electron chi connectivity index (χ0n) is 16.0. The van der Waals surface area contributed by atoms with Crippen molar-refractivity contribution in [3.05, 3.63) is 101 Å². The molecule has 0 spiro atoms. The average molecular weight is 447 g/mol. The van der Waals surface area contributed by atoms with E-state index in [-0.39, 0.29) is 30.3 Å². The molecule has 0 heterocycles. The van der Waals surface area contributed by atoms with E-state index in [1.807, 2.05) is 0 Å². The molecule has 3 rings (SSSR count). The minimum absolute atomic E-state index is 0.0121. The Kier molecular flexibility index (Phi) is 7.20. The summed E-state index contributed by atoms with van der Waals surface area (Å²) in [4.78, 5) is 12.6. The number of hydrogen-bond donors (Lipinski definition) is 1. The first-order valence-corrected chi connectivity index (χ1v) is 11.0. The Balaban J connectivity index is 1.78. The minimum Gasteiger partial charge on any atom is -0.351 e. The molecule has 3 aromatic rings. The first kappa shape index (κ1) is 22.0. The molecule has 0 aliphatic rings. The van der Waals surface area contributed by atoms with Crippen molar-refractivity contribution < 1.29 is 17.6 Å². The van der Waals surface area contributed by atoms with Gasteiger partial charge in [0.2, 0.25) is 15.9 Å². The van der Waals surface area contributed by atoms with Crippen LogP contribution in [0.1, 0.15) is 11.1 Å². The van der Waals surface area contributed by atoms with Gasteiger partial charge in [0.1, 0.15) is 5.82 Å². The third kappa shape index (κ3) is 5.89. The molecule has 5 nitrogen and oxygen atoms in total. The standard InChI is InChI=1S/C22H20ClFN2O3S/c23-19-6-4-5-18(13-19)15-26(30(28,29)21-7-2-1-3-8-21)16-22(27)25-14-17-9-11-20(24)12-10-17/h1-13H,14-16H2,(H,25,27). The second kappa shape index (κ2) is 9.84. The summed E-state index contributed by atoms with van der Waals surface area (Å²) in [5.41, 5.74) is 1.37. The Morgan fingerprint density at radius 2 is 1.63 bits per heavy atom. The van der Waals surface area contributed by atoms with E-state index in [1.165, 1.54) is 24.3 Å². The lowest BCUT2D eigenvalue weighted by Crippen LogP contribution is -2.40. The molecule has 0 radical (unpaired) electrons. The van der Waals surface area contributed by atoms with Gasteiger partial charge in [-0.2, -0.15) is 4.31 Å². The topological polar surface area (TPSA) is 66.5 Å².